The van der Waals surface area contributed by atoms with E-state index in [1.165, 1.54) is 0 Å². The molecule has 0 aromatic heterocycles. The molecule has 1 aliphatic rings. The molecule has 1 aliphatic heterocycles. The van der Waals surface area contributed by atoms with Gasteiger partial charge in [-0.2, -0.15) is 0 Å². The molecule has 0 aromatic rings. The van der Waals surface area contributed by atoms with Crippen molar-refractivity contribution in [3.8, 4) is 0 Å². The van der Waals surface area contributed by atoms with Crippen molar-refractivity contribution < 1.29 is 4.74 Å². The number of nitrogens with one attached hydrogen (secondary N) is 1. The van der Waals surface area contributed by atoms with Crippen LogP contribution in [0.4, 0.5) is 0 Å². The van der Waals surface area contributed by atoms with E-state index < -0.39 is 0 Å². The summed E-state index contributed by atoms with van der Waals surface area (Å²) >= 11 is 1.84. The number of likely N-dealkylation sites (N-methyl/N-ethyl adjacent to an activating group) is 1. The summed E-state index contributed by atoms with van der Waals surface area (Å²) in [5, 5.41) is 4.50. The van der Waals surface area contributed by atoms with Gasteiger partial charge < -0.3 is 15.0 Å². The van der Waals surface area contributed by atoms with E-state index in [1.807, 2.05) is 11.8 Å². The lowest BCUT2D eigenvalue weighted by Crippen LogP contribution is -2.36. The molecule has 1 heterocycles. The highest BCUT2D eigenvalue weighted by Crippen LogP contribution is 2.26. The molecule has 17 heavy (non-hydrogen) atoms. The van der Waals surface area contributed by atoms with E-state index in [2.05, 4.69) is 36.1 Å². The summed E-state index contributed by atoms with van der Waals surface area (Å²) in [7, 11) is 3.85. The number of methoxy groups -OCH3 is 1. The number of amidine groups is 1. The fourth-order valence-electron chi connectivity index (χ4n) is 1.46. The molecule has 100 valence electrons. The summed E-state index contributed by atoms with van der Waals surface area (Å²) < 4.78 is 5.04. The Morgan fingerprint density at radius 2 is 2.24 bits per heavy atom. The molecule has 0 unspecified atom stereocenters. The third-order valence-electron chi connectivity index (χ3n) is 2.70. The largest absolute Gasteiger partial charge is 0.383 e. The molecule has 0 spiro atoms. The summed E-state index contributed by atoms with van der Waals surface area (Å²) in [5.41, 5.74) is 0.352. The Bertz CT molecular complexity index is 256. The highest BCUT2D eigenvalue weighted by molar-refractivity contribution is 8.13. The summed E-state index contributed by atoms with van der Waals surface area (Å²) in [5.74, 6) is 1.15. The average Bonchev–Trinajstić information content (AvgIpc) is 2.29. The van der Waals surface area contributed by atoms with Crippen LogP contribution in [0, 0.1) is 5.41 Å². The second kappa shape index (κ2) is 7.24. The first-order valence-corrected chi connectivity index (χ1v) is 7.11. The van der Waals surface area contributed by atoms with Crippen molar-refractivity contribution in [2.45, 2.75) is 13.8 Å². The van der Waals surface area contributed by atoms with Crippen LogP contribution in [0.2, 0.25) is 0 Å². The van der Waals surface area contributed by atoms with Gasteiger partial charge in [-0.05, 0) is 12.5 Å². The molecule has 0 radical (unpaired) electrons. The molecule has 0 saturated heterocycles. The smallest absolute Gasteiger partial charge is 0.156 e. The second-order valence-electron chi connectivity index (χ2n) is 5.30. The molecule has 0 bridgehead atoms. The van der Waals surface area contributed by atoms with E-state index >= 15 is 0 Å². The molecule has 0 amide bonds. The normalized spacial score (nSPS) is 19.2. The van der Waals surface area contributed by atoms with Crippen molar-refractivity contribution in [2.24, 2.45) is 10.4 Å². The number of ether oxygens (including phenoxy) is 1. The van der Waals surface area contributed by atoms with Crippen molar-refractivity contribution in [2.75, 3.05) is 52.7 Å². The van der Waals surface area contributed by atoms with E-state index in [1.54, 1.807) is 7.11 Å². The van der Waals surface area contributed by atoms with Crippen LogP contribution in [0.15, 0.2) is 4.99 Å². The SMILES string of the molecule is COCCN(C)CCNC1=NCC(C)(C)CS1. The Morgan fingerprint density at radius 1 is 1.47 bits per heavy atom. The molecule has 4 nitrogen and oxygen atoms in total. The molecule has 0 fully saturated rings. The molecular formula is C12H25N3OS. The van der Waals surface area contributed by atoms with Crippen molar-refractivity contribution >= 4 is 16.9 Å². The zero-order chi connectivity index (χ0) is 12.7. The van der Waals surface area contributed by atoms with E-state index in [4.69, 9.17) is 4.74 Å². The lowest BCUT2D eigenvalue weighted by Gasteiger charge is -2.27. The Balaban J connectivity index is 2.13. The van der Waals surface area contributed by atoms with Crippen molar-refractivity contribution in [3.63, 3.8) is 0 Å². The predicted octanol–water partition coefficient (Wildman–Crippen LogP) is 1.28. The van der Waals surface area contributed by atoms with Gasteiger partial charge in [-0.15, -0.1) is 0 Å². The van der Waals surface area contributed by atoms with Gasteiger partial charge in [-0.25, -0.2) is 0 Å². The highest BCUT2D eigenvalue weighted by atomic mass is 32.2. The third kappa shape index (κ3) is 6.29. The molecule has 0 saturated carbocycles. The first-order valence-electron chi connectivity index (χ1n) is 6.12. The van der Waals surface area contributed by atoms with E-state index in [-0.39, 0.29) is 0 Å². The third-order valence-corrected chi connectivity index (χ3v) is 4.17. The molecule has 0 aromatic carbocycles. The van der Waals surface area contributed by atoms with E-state index in [0.717, 1.165) is 43.7 Å². The van der Waals surface area contributed by atoms with Crippen LogP contribution in [-0.4, -0.2) is 62.8 Å². The van der Waals surface area contributed by atoms with Crippen molar-refractivity contribution in [1.82, 2.24) is 10.2 Å². The minimum Gasteiger partial charge on any atom is -0.383 e. The van der Waals surface area contributed by atoms with Gasteiger partial charge in [-0.1, -0.05) is 25.6 Å². The van der Waals surface area contributed by atoms with Crippen LogP contribution in [0.5, 0.6) is 0 Å². The quantitative estimate of drug-likeness (QED) is 0.780. The monoisotopic (exact) mass is 259 g/mol. The Morgan fingerprint density at radius 3 is 2.82 bits per heavy atom. The van der Waals surface area contributed by atoms with Crippen LogP contribution < -0.4 is 5.32 Å². The van der Waals surface area contributed by atoms with Crippen molar-refractivity contribution in [3.05, 3.63) is 0 Å². The zero-order valence-corrected chi connectivity index (χ0v) is 12.3. The fourth-order valence-corrected chi connectivity index (χ4v) is 2.44. The van der Waals surface area contributed by atoms with Gasteiger partial charge in [0, 0.05) is 39.0 Å². The topological polar surface area (TPSA) is 36.9 Å². The Kier molecular flexibility index (Phi) is 6.30. The molecule has 5 heteroatoms. The molecule has 1 rings (SSSR count). The maximum Gasteiger partial charge on any atom is 0.156 e. The lowest BCUT2D eigenvalue weighted by molar-refractivity contribution is 0.162. The molecule has 1 N–H and O–H groups in total. The van der Waals surface area contributed by atoms with Gasteiger partial charge in [0.15, 0.2) is 5.17 Å². The standard InChI is InChI=1S/C12H25N3OS/c1-12(2)9-14-11(17-10-12)13-5-6-15(3)7-8-16-4/h5-10H2,1-4H3,(H,13,14). The van der Waals surface area contributed by atoms with Crippen molar-refractivity contribution in [1.29, 1.82) is 0 Å². The number of aliphatic imine (C=N–C) groups is 1. The maximum atomic E-state index is 5.04. The van der Waals surface area contributed by atoms with Gasteiger partial charge in [-0.3, -0.25) is 4.99 Å². The lowest BCUT2D eigenvalue weighted by atomic mass is 9.97. The maximum absolute atomic E-state index is 5.04. The number of rotatable bonds is 6. The Labute approximate surface area is 109 Å². The summed E-state index contributed by atoms with van der Waals surface area (Å²) in [6.07, 6.45) is 0. The predicted molar refractivity (Wildman–Crippen MR) is 75.9 cm³/mol. The summed E-state index contributed by atoms with van der Waals surface area (Å²) in [4.78, 5) is 6.82. The fraction of sp³-hybridized carbons (Fsp3) is 0.917. The number of hydrogen-bond acceptors (Lipinski definition) is 5. The highest BCUT2D eigenvalue weighted by Gasteiger charge is 2.22. The van der Waals surface area contributed by atoms with Crippen LogP contribution >= 0.6 is 11.8 Å². The number of hydrogen-bond donors (Lipinski definition) is 1. The van der Waals surface area contributed by atoms with Crippen LogP contribution in [0.3, 0.4) is 0 Å². The minimum atomic E-state index is 0.352. The van der Waals surface area contributed by atoms with Gasteiger partial charge in [0.25, 0.3) is 0 Å². The van der Waals surface area contributed by atoms with Gasteiger partial charge in [0.05, 0.1) is 6.61 Å². The first kappa shape index (κ1) is 14.8. The minimum absolute atomic E-state index is 0.352. The average molecular weight is 259 g/mol. The number of thioether (sulfide) groups is 1. The Hall–Kier alpha value is -0.260. The zero-order valence-electron chi connectivity index (χ0n) is 11.5. The van der Waals surface area contributed by atoms with E-state index in [0.29, 0.717) is 5.41 Å². The first-order chi connectivity index (χ1) is 8.03. The molecule has 0 atom stereocenters. The number of nitrogens with zero attached hydrogens (tertiary/aromatic N) is 2. The van der Waals surface area contributed by atoms with Crippen LogP contribution in [0.1, 0.15) is 13.8 Å². The van der Waals surface area contributed by atoms with Gasteiger partial charge in [0.2, 0.25) is 0 Å². The van der Waals surface area contributed by atoms with Gasteiger partial charge in [0.1, 0.15) is 0 Å². The van der Waals surface area contributed by atoms with Crippen LogP contribution in [0.25, 0.3) is 0 Å². The second-order valence-corrected chi connectivity index (χ2v) is 6.26. The molecular weight excluding hydrogens is 234 g/mol. The molecule has 0 aliphatic carbocycles. The van der Waals surface area contributed by atoms with Gasteiger partial charge >= 0.3 is 0 Å². The van der Waals surface area contributed by atoms with E-state index in [9.17, 15) is 0 Å². The summed E-state index contributed by atoms with van der Waals surface area (Å²) in [6.45, 7) is 9.20. The van der Waals surface area contributed by atoms with Crippen LogP contribution in [-0.2, 0) is 4.74 Å². The summed E-state index contributed by atoms with van der Waals surface area (Å²) in [6, 6.07) is 0.